The molecule has 2 rings (SSSR count). The lowest BCUT2D eigenvalue weighted by molar-refractivity contribution is -0.146. The standard InChI is InChI=1S/C18H24N2O5/c1-4-24-10-9-20(12-13(2)18(22)23-3)17(21)11-15-14-7-5-6-8-16(14)25-19-15/h5-8,13H,4,9-12H2,1-3H3/t13-/m1/s1. The molecule has 0 aliphatic carbocycles. The maximum absolute atomic E-state index is 12.7. The molecule has 0 saturated heterocycles. The minimum absolute atomic E-state index is 0.108. The van der Waals surface area contributed by atoms with Gasteiger partial charge in [0.1, 0.15) is 5.69 Å². The smallest absolute Gasteiger partial charge is 0.310 e. The second kappa shape index (κ2) is 9.17. The number of hydrogen-bond donors (Lipinski definition) is 0. The topological polar surface area (TPSA) is 81.9 Å². The molecule has 1 heterocycles. The molecule has 25 heavy (non-hydrogen) atoms. The fourth-order valence-electron chi connectivity index (χ4n) is 2.56. The number of fused-ring (bicyclic) bond motifs is 1. The van der Waals surface area contributed by atoms with Crippen LogP contribution in [0.3, 0.4) is 0 Å². The van der Waals surface area contributed by atoms with Crippen LogP contribution in [0.15, 0.2) is 28.8 Å². The van der Waals surface area contributed by atoms with Gasteiger partial charge < -0.3 is 18.9 Å². The van der Waals surface area contributed by atoms with E-state index in [1.807, 2.05) is 31.2 Å². The largest absolute Gasteiger partial charge is 0.469 e. The minimum Gasteiger partial charge on any atom is -0.469 e. The second-order valence-corrected chi connectivity index (χ2v) is 5.76. The second-order valence-electron chi connectivity index (χ2n) is 5.76. The van der Waals surface area contributed by atoms with Gasteiger partial charge >= 0.3 is 5.97 Å². The number of benzene rings is 1. The molecule has 136 valence electrons. The van der Waals surface area contributed by atoms with E-state index in [-0.39, 0.29) is 24.8 Å². The molecule has 0 aliphatic rings. The first kappa shape index (κ1) is 18.9. The molecular formula is C18H24N2O5. The number of para-hydroxylation sites is 1. The van der Waals surface area contributed by atoms with Crippen LogP contribution in [0.2, 0.25) is 0 Å². The van der Waals surface area contributed by atoms with Crippen LogP contribution in [0.4, 0.5) is 0 Å². The quantitative estimate of drug-likeness (QED) is 0.509. The number of aromatic nitrogens is 1. The van der Waals surface area contributed by atoms with Crippen molar-refractivity contribution in [2.24, 2.45) is 5.92 Å². The summed E-state index contributed by atoms with van der Waals surface area (Å²) in [5.41, 5.74) is 1.24. The van der Waals surface area contributed by atoms with Gasteiger partial charge in [0.05, 0.1) is 26.1 Å². The number of amides is 1. The summed E-state index contributed by atoms with van der Waals surface area (Å²) >= 11 is 0. The number of rotatable bonds is 9. The van der Waals surface area contributed by atoms with Crippen molar-refractivity contribution in [2.45, 2.75) is 20.3 Å². The Kier molecular flexibility index (Phi) is 6.94. The highest BCUT2D eigenvalue weighted by atomic mass is 16.5. The number of carbonyl (C=O) groups is 2. The van der Waals surface area contributed by atoms with Gasteiger partial charge in [0.15, 0.2) is 5.58 Å². The molecule has 0 saturated carbocycles. The average Bonchev–Trinajstić information content (AvgIpc) is 3.03. The van der Waals surface area contributed by atoms with E-state index < -0.39 is 5.92 Å². The summed E-state index contributed by atoms with van der Waals surface area (Å²) in [5.74, 6) is -0.889. The van der Waals surface area contributed by atoms with Crippen LogP contribution in [-0.2, 0) is 25.5 Å². The third-order valence-electron chi connectivity index (χ3n) is 3.93. The zero-order valence-corrected chi connectivity index (χ0v) is 14.9. The minimum atomic E-state index is -0.412. The lowest BCUT2D eigenvalue weighted by Gasteiger charge is -2.24. The Labute approximate surface area is 146 Å². The van der Waals surface area contributed by atoms with Gasteiger partial charge in [-0.2, -0.15) is 0 Å². The zero-order chi connectivity index (χ0) is 18.2. The van der Waals surface area contributed by atoms with Crippen molar-refractivity contribution in [2.75, 3.05) is 33.4 Å². The maximum atomic E-state index is 12.7. The summed E-state index contributed by atoms with van der Waals surface area (Å²) in [4.78, 5) is 26.0. The first-order valence-electron chi connectivity index (χ1n) is 8.33. The van der Waals surface area contributed by atoms with E-state index in [4.69, 9.17) is 14.0 Å². The predicted octanol–water partition coefficient (Wildman–Crippen LogP) is 2.04. The molecule has 7 heteroatoms. The third-order valence-corrected chi connectivity index (χ3v) is 3.93. The lowest BCUT2D eigenvalue weighted by atomic mass is 10.1. The van der Waals surface area contributed by atoms with Crippen molar-refractivity contribution >= 4 is 22.8 Å². The Morgan fingerprint density at radius 1 is 1.32 bits per heavy atom. The summed E-state index contributed by atoms with van der Waals surface area (Å²) < 4.78 is 15.3. The van der Waals surface area contributed by atoms with E-state index in [2.05, 4.69) is 5.16 Å². The van der Waals surface area contributed by atoms with Crippen molar-refractivity contribution in [3.05, 3.63) is 30.0 Å². The zero-order valence-electron chi connectivity index (χ0n) is 14.9. The van der Waals surface area contributed by atoms with Crippen molar-refractivity contribution in [1.29, 1.82) is 0 Å². The summed E-state index contributed by atoms with van der Waals surface area (Å²) in [6, 6.07) is 7.41. The normalized spacial score (nSPS) is 12.1. The SMILES string of the molecule is CCOCCN(C[C@@H](C)C(=O)OC)C(=O)Cc1noc2ccccc12. The summed E-state index contributed by atoms with van der Waals surface area (Å²) in [6.07, 6.45) is 0.108. The Balaban J connectivity index is 2.09. The third kappa shape index (κ3) is 5.03. The summed E-state index contributed by atoms with van der Waals surface area (Å²) in [6.45, 7) is 5.29. The molecule has 0 fully saturated rings. The van der Waals surface area contributed by atoms with Crippen LogP contribution < -0.4 is 0 Å². The van der Waals surface area contributed by atoms with Crippen molar-refractivity contribution in [3.8, 4) is 0 Å². The molecule has 1 aromatic heterocycles. The van der Waals surface area contributed by atoms with E-state index in [1.54, 1.807) is 11.8 Å². The molecule has 0 radical (unpaired) electrons. The molecule has 0 N–H and O–H groups in total. The maximum Gasteiger partial charge on any atom is 0.310 e. The molecule has 7 nitrogen and oxygen atoms in total. The number of nitrogens with zero attached hydrogens (tertiary/aromatic N) is 2. The summed E-state index contributed by atoms with van der Waals surface area (Å²) in [5, 5.41) is 4.82. The highest BCUT2D eigenvalue weighted by molar-refractivity contribution is 5.86. The van der Waals surface area contributed by atoms with Crippen molar-refractivity contribution in [1.82, 2.24) is 10.1 Å². The molecular weight excluding hydrogens is 324 g/mol. The average molecular weight is 348 g/mol. The van der Waals surface area contributed by atoms with E-state index in [9.17, 15) is 9.59 Å². The first-order chi connectivity index (χ1) is 12.1. The number of hydrogen-bond acceptors (Lipinski definition) is 6. The Bertz CT molecular complexity index is 712. The first-order valence-corrected chi connectivity index (χ1v) is 8.33. The van der Waals surface area contributed by atoms with Crippen molar-refractivity contribution < 1.29 is 23.6 Å². The van der Waals surface area contributed by atoms with Crippen LogP contribution in [0.5, 0.6) is 0 Å². The fourth-order valence-corrected chi connectivity index (χ4v) is 2.56. The van der Waals surface area contributed by atoms with Crippen molar-refractivity contribution in [3.63, 3.8) is 0 Å². The number of carbonyl (C=O) groups excluding carboxylic acids is 2. The fraction of sp³-hybridized carbons (Fsp3) is 0.500. The van der Waals surface area contributed by atoms with Gasteiger partial charge in [0.25, 0.3) is 0 Å². The molecule has 0 unspecified atom stereocenters. The van der Waals surface area contributed by atoms with Gasteiger partial charge in [-0.25, -0.2) is 0 Å². The highest BCUT2D eigenvalue weighted by Crippen LogP contribution is 2.19. The molecule has 1 atom stereocenters. The number of ether oxygens (including phenoxy) is 2. The van der Waals surface area contributed by atoms with Crippen LogP contribution in [0.1, 0.15) is 19.5 Å². The van der Waals surface area contributed by atoms with Gasteiger partial charge in [-0.1, -0.05) is 24.2 Å². The Hall–Kier alpha value is -2.41. The highest BCUT2D eigenvalue weighted by Gasteiger charge is 2.23. The monoisotopic (exact) mass is 348 g/mol. The van der Waals surface area contributed by atoms with Gasteiger partial charge in [0.2, 0.25) is 5.91 Å². The van der Waals surface area contributed by atoms with E-state index in [0.717, 1.165) is 5.39 Å². The number of methoxy groups -OCH3 is 1. The van der Waals surface area contributed by atoms with Gasteiger partial charge in [-0.3, -0.25) is 9.59 Å². The Morgan fingerprint density at radius 2 is 2.08 bits per heavy atom. The predicted molar refractivity (Wildman–Crippen MR) is 92.0 cm³/mol. The molecule has 0 spiro atoms. The van der Waals surface area contributed by atoms with E-state index >= 15 is 0 Å². The van der Waals surface area contributed by atoms with Gasteiger partial charge in [0, 0.05) is 25.1 Å². The van der Waals surface area contributed by atoms with E-state index in [0.29, 0.717) is 31.0 Å². The van der Waals surface area contributed by atoms with Crippen LogP contribution >= 0.6 is 0 Å². The van der Waals surface area contributed by atoms with Crippen LogP contribution in [-0.4, -0.2) is 55.3 Å². The number of esters is 1. The molecule has 1 aromatic carbocycles. The summed E-state index contributed by atoms with van der Waals surface area (Å²) in [7, 11) is 1.34. The molecule has 1 amide bonds. The van der Waals surface area contributed by atoms with Gasteiger partial charge in [-0.15, -0.1) is 0 Å². The Morgan fingerprint density at radius 3 is 2.80 bits per heavy atom. The van der Waals surface area contributed by atoms with Crippen LogP contribution in [0.25, 0.3) is 11.0 Å². The lowest BCUT2D eigenvalue weighted by Crippen LogP contribution is -2.40. The van der Waals surface area contributed by atoms with E-state index in [1.165, 1.54) is 7.11 Å². The molecule has 2 aromatic rings. The van der Waals surface area contributed by atoms with Crippen LogP contribution in [0, 0.1) is 5.92 Å². The van der Waals surface area contributed by atoms with Gasteiger partial charge in [-0.05, 0) is 19.1 Å². The molecule has 0 aliphatic heterocycles. The molecule has 0 bridgehead atoms.